The van der Waals surface area contributed by atoms with Crippen LogP contribution in [0, 0.1) is 17.3 Å². The zero-order valence-electron chi connectivity index (χ0n) is 13.8. The molecule has 2 bridgehead atoms. The van der Waals surface area contributed by atoms with Gasteiger partial charge in [0.15, 0.2) is 0 Å². The highest BCUT2D eigenvalue weighted by Crippen LogP contribution is 2.58. The fourth-order valence-electron chi connectivity index (χ4n) is 4.72. The van der Waals surface area contributed by atoms with Crippen LogP contribution in [0.4, 0.5) is 0 Å². The minimum atomic E-state index is -0.146. The first-order valence-electron chi connectivity index (χ1n) is 8.60. The van der Waals surface area contributed by atoms with E-state index in [1.54, 1.807) is 0 Å². The van der Waals surface area contributed by atoms with Crippen molar-refractivity contribution in [2.45, 2.75) is 32.1 Å². The molecule has 1 aromatic carbocycles. The number of benzene rings is 1. The molecule has 2 aliphatic rings. The van der Waals surface area contributed by atoms with E-state index in [0.29, 0.717) is 11.8 Å². The van der Waals surface area contributed by atoms with Crippen molar-refractivity contribution in [2.24, 2.45) is 17.3 Å². The van der Waals surface area contributed by atoms with Gasteiger partial charge in [-0.1, -0.05) is 36.8 Å². The summed E-state index contributed by atoms with van der Waals surface area (Å²) in [7, 11) is 3.91. The van der Waals surface area contributed by atoms with E-state index in [9.17, 15) is 4.79 Å². The van der Waals surface area contributed by atoms with Crippen LogP contribution in [0.15, 0.2) is 30.3 Å². The van der Waals surface area contributed by atoms with Crippen LogP contribution in [-0.4, -0.2) is 38.0 Å². The van der Waals surface area contributed by atoms with Crippen LogP contribution < -0.4 is 5.32 Å². The number of hydrogen-bond acceptors (Lipinski definition) is 2. The third-order valence-corrected chi connectivity index (χ3v) is 5.81. The van der Waals surface area contributed by atoms with Gasteiger partial charge in [-0.2, -0.15) is 0 Å². The number of hydrogen-bond donors (Lipinski definition) is 1. The second-order valence-corrected chi connectivity index (χ2v) is 7.23. The number of amides is 1. The van der Waals surface area contributed by atoms with Crippen LogP contribution in [0.3, 0.4) is 0 Å². The second-order valence-electron chi connectivity index (χ2n) is 7.23. The van der Waals surface area contributed by atoms with Gasteiger partial charge in [0.25, 0.3) is 0 Å². The van der Waals surface area contributed by atoms with E-state index < -0.39 is 0 Å². The van der Waals surface area contributed by atoms with E-state index in [-0.39, 0.29) is 5.41 Å². The molecular formula is C19H28N2O. The molecule has 0 heterocycles. The number of rotatable bonds is 6. The Hall–Kier alpha value is -1.35. The molecular weight excluding hydrogens is 272 g/mol. The molecule has 22 heavy (non-hydrogen) atoms. The second kappa shape index (κ2) is 6.41. The quantitative estimate of drug-likeness (QED) is 0.876. The Morgan fingerprint density at radius 1 is 1.32 bits per heavy atom. The van der Waals surface area contributed by atoms with Crippen molar-refractivity contribution in [3.8, 4) is 0 Å². The summed E-state index contributed by atoms with van der Waals surface area (Å²) in [6.45, 7) is 1.65. The Kier molecular flexibility index (Phi) is 4.53. The molecule has 0 saturated heterocycles. The Morgan fingerprint density at radius 3 is 2.68 bits per heavy atom. The third-order valence-electron chi connectivity index (χ3n) is 5.81. The van der Waals surface area contributed by atoms with E-state index >= 15 is 0 Å². The maximum absolute atomic E-state index is 13.3. The van der Waals surface area contributed by atoms with Crippen molar-refractivity contribution >= 4 is 5.91 Å². The highest BCUT2D eigenvalue weighted by atomic mass is 16.2. The summed E-state index contributed by atoms with van der Waals surface area (Å²) in [4.78, 5) is 15.2. The van der Waals surface area contributed by atoms with Crippen molar-refractivity contribution in [2.75, 3.05) is 27.2 Å². The van der Waals surface area contributed by atoms with Crippen LogP contribution in [0.1, 0.15) is 31.2 Å². The number of likely N-dealkylation sites (N-methyl/N-ethyl adjacent to an activating group) is 2. The zero-order valence-corrected chi connectivity index (χ0v) is 13.8. The molecule has 3 nitrogen and oxygen atoms in total. The molecule has 3 unspecified atom stereocenters. The molecule has 3 atom stereocenters. The molecule has 120 valence electrons. The Bertz CT molecular complexity index is 515. The van der Waals surface area contributed by atoms with Gasteiger partial charge in [-0.3, -0.25) is 4.79 Å². The standard InChI is InChI=1S/C19H28N2O/c1-20-10-11-21(2)18(22)19(13-15-6-4-3-5-7-15)14-16-8-9-17(19)12-16/h3-7,16-17,20H,8-14H2,1-2H3. The summed E-state index contributed by atoms with van der Waals surface area (Å²) in [5.74, 6) is 1.73. The third kappa shape index (κ3) is 2.79. The van der Waals surface area contributed by atoms with Crippen molar-refractivity contribution in [1.82, 2.24) is 10.2 Å². The molecule has 0 radical (unpaired) electrons. The van der Waals surface area contributed by atoms with E-state index in [1.165, 1.54) is 24.8 Å². The molecule has 2 saturated carbocycles. The molecule has 1 amide bonds. The number of nitrogens with zero attached hydrogens (tertiary/aromatic N) is 1. The number of carbonyl (C=O) groups excluding carboxylic acids is 1. The normalized spacial score (nSPS) is 29.7. The monoisotopic (exact) mass is 300 g/mol. The minimum Gasteiger partial charge on any atom is -0.344 e. The van der Waals surface area contributed by atoms with E-state index in [1.807, 2.05) is 19.0 Å². The molecule has 3 rings (SSSR count). The predicted molar refractivity (Wildman–Crippen MR) is 89.6 cm³/mol. The van der Waals surface area contributed by atoms with Crippen LogP contribution in [0.2, 0.25) is 0 Å². The van der Waals surface area contributed by atoms with Crippen LogP contribution >= 0.6 is 0 Å². The summed E-state index contributed by atoms with van der Waals surface area (Å²) >= 11 is 0. The Morgan fingerprint density at radius 2 is 2.09 bits per heavy atom. The maximum atomic E-state index is 13.3. The van der Waals surface area contributed by atoms with Gasteiger partial charge in [0, 0.05) is 20.1 Å². The van der Waals surface area contributed by atoms with Crippen LogP contribution in [0.25, 0.3) is 0 Å². The van der Waals surface area contributed by atoms with Crippen molar-refractivity contribution in [3.05, 3.63) is 35.9 Å². The van der Waals surface area contributed by atoms with Gasteiger partial charge >= 0.3 is 0 Å². The lowest BCUT2D eigenvalue weighted by Crippen LogP contribution is -2.48. The minimum absolute atomic E-state index is 0.146. The molecule has 3 heteroatoms. The van der Waals surface area contributed by atoms with Gasteiger partial charge in [-0.05, 0) is 50.1 Å². The fourth-order valence-corrected chi connectivity index (χ4v) is 4.72. The summed E-state index contributed by atoms with van der Waals surface area (Å²) in [6, 6.07) is 10.6. The Balaban J connectivity index is 1.83. The lowest BCUT2D eigenvalue weighted by atomic mass is 9.68. The van der Waals surface area contributed by atoms with E-state index in [4.69, 9.17) is 0 Å². The summed E-state index contributed by atoms with van der Waals surface area (Å²) in [5, 5.41) is 3.15. The maximum Gasteiger partial charge on any atom is 0.229 e. The van der Waals surface area contributed by atoms with Gasteiger partial charge in [0.1, 0.15) is 0 Å². The number of carbonyl (C=O) groups is 1. The molecule has 1 aromatic rings. The fraction of sp³-hybridized carbons (Fsp3) is 0.632. The molecule has 0 aromatic heterocycles. The van der Waals surface area contributed by atoms with Crippen LogP contribution in [0.5, 0.6) is 0 Å². The topological polar surface area (TPSA) is 32.3 Å². The highest BCUT2D eigenvalue weighted by molar-refractivity contribution is 5.84. The van der Waals surface area contributed by atoms with Gasteiger partial charge in [0.2, 0.25) is 5.91 Å². The van der Waals surface area contributed by atoms with Crippen LogP contribution in [-0.2, 0) is 11.2 Å². The van der Waals surface area contributed by atoms with E-state index in [2.05, 4.69) is 35.6 Å². The lowest BCUT2D eigenvalue weighted by Gasteiger charge is -2.39. The van der Waals surface area contributed by atoms with Gasteiger partial charge in [-0.25, -0.2) is 0 Å². The van der Waals surface area contributed by atoms with E-state index in [0.717, 1.165) is 31.8 Å². The average Bonchev–Trinajstić information content (AvgIpc) is 3.14. The molecule has 1 N–H and O–H groups in total. The number of fused-ring (bicyclic) bond motifs is 2. The van der Waals surface area contributed by atoms with Gasteiger partial charge < -0.3 is 10.2 Å². The first-order valence-corrected chi connectivity index (χ1v) is 8.60. The molecule has 2 aliphatic carbocycles. The van der Waals surface area contributed by atoms with Gasteiger partial charge in [0.05, 0.1) is 5.41 Å². The first-order chi connectivity index (χ1) is 10.7. The summed E-state index contributed by atoms with van der Waals surface area (Å²) in [5.41, 5.74) is 1.16. The predicted octanol–water partition coefficient (Wildman–Crippen LogP) is 2.71. The van der Waals surface area contributed by atoms with Crippen molar-refractivity contribution in [3.63, 3.8) is 0 Å². The van der Waals surface area contributed by atoms with Gasteiger partial charge in [-0.15, -0.1) is 0 Å². The average molecular weight is 300 g/mol. The molecule has 0 spiro atoms. The largest absolute Gasteiger partial charge is 0.344 e. The van der Waals surface area contributed by atoms with Crippen molar-refractivity contribution < 1.29 is 4.79 Å². The lowest BCUT2D eigenvalue weighted by molar-refractivity contribution is -0.144. The molecule has 0 aliphatic heterocycles. The zero-order chi connectivity index (χ0) is 15.6. The summed E-state index contributed by atoms with van der Waals surface area (Å²) in [6.07, 6.45) is 5.84. The molecule has 2 fully saturated rings. The SMILES string of the molecule is CNCCN(C)C(=O)C1(Cc2ccccc2)CC2CCC1C2. The highest BCUT2D eigenvalue weighted by Gasteiger charge is 2.55. The van der Waals surface area contributed by atoms with Crippen molar-refractivity contribution in [1.29, 1.82) is 0 Å². The first kappa shape index (κ1) is 15.5. The summed E-state index contributed by atoms with van der Waals surface area (Å²) < 4.78 is 0. The Labute approximate surface area is 134 Å². The number of nitrogens with one attached hydrogen (secondary N) is 1. The smallest absolute Gasteiger partial charge is 0.229 e.